The molecule has 0 unspecified atom stereocenters. The van der Waals surface area contributed by atoms with Crippen LogP contribution in [-0.4, -0.2) is 16.7 Å². The Hall–Kier alpha value is -1.12. The van der Waals surface area contributed by atoms with Crippen LogP contribution in [0.25, 0.3) is 0 Å². The zero-order valence-electron chi connectivity index (χ0n) is 10.1. The summed E-state index contributed by atoms with van der Waals surface area (Å²) in [5.74, 6) is -0.264. The largest absolute Gasteiger partial charge is 0.511 e. The third-order valence-electron chi connectivity index (χ3n) is 3.09. The van der Waals surface area contributed by atoms with E-state index in [1.165, 1.54) is 6.92 Å². The third kappa shape index (κ3) is 3.19. The Kier molecular flexibility index (Phi) is 4.71. The van der Waals surface area contributed by atoms with Gasteiger partial charge in [0.2, 0.25) is 0 Å². The molecule has 90 valence electrons. The number of carbonyl (C=O) groups excluding carboxylic acids is 2. The Balaban J connectivity index is 2.60. The molecule has 0 amide bonds. The van der Waals surface area contributed by atoms with Gasteiger partial charge in [-0.2, -0.15) is 0 Å². The number of aliphatic hydroxyl groups is 1. The minimum Gasteiger partial charge on any atom is -0.511 e. The predicted molar refractivity (Wildman–Crippen MR) is 62.2 cm³/mol. The van der Waals surface area contributed by atoms with Crippen molar-refractivity contribution < 1.29 is 14.7 Å². The molecule has 1 atom stereocenters. The molecule has 0 bridgehead atoms. The van der Waals surface area contributed by atoms with E-state index in [-0.39, 0.29) is 28.8 Å². The maximum atomic E-state index is 11.7. The summed E-state index contributed by atoms with van der Waals surface area (Å²) in [4.78, 5) is 22.8. The van der Waals surface area contributed by atoms with Crippen LogP contribution in [0.5, 0.6) is 0 Å². The molecule has 3 nitrogen and oxygen atoms in total. The van der Waals surface area contributed by atoms with Crippen molar-refractivity contribution in [2.45, 2.75) is 52.4 Å². The Morgan fingerprint density at radius 2 is 2.06 bits per heavy atom. The second-order valence-electron chi connectivity index (χ2n) is 4.57. The predicted octanol–water partition coefficient (Wildman–Crippen LogP) is 2.95. The number of hydrogen-bond donors (Lipinski definition) is 1. The SMILES string of the molecule is CCCCC[C@@H]1CC(=O)C(C(C)=O)=C(O)C1. The molecule has 1 aliphatic carbocycles. The number of allylic oxidation sites excluding steroid dienone is 2. The molecule has 0 heterocycles. The second-order valence-corrected chi connectivity index (χ2v) is 4.57. The number of rotatable bonds is 5. The van der Waals surface area contributed by atoms with E-state index in [4.69, 9.17) is 0 Å². The highest BCUT2D eigenvalue weighted by atomic mass is 16.3. The van der Waals surface area contributed by atoms with Gasteiger partial charge in [-0.3, -0.25) is 9.59 Å². The van der Waals surface area contributed by atoms with Crippen molar-refractivity contribution in [3.8, 4) is 0 Å². The maximum absolute atomic E-state index is 11.7. The average molecular weight is 224 g/mol. The van der Waals surface area contributed by atoms with Gasteiger partial charge in [-0.15, -0.1) is 0 Å². The molecule has 1 aliphatic rings. The molecule has 0 saturated carbocycles. The van der Waals surface area contributed by atoms with Gasteiger partial charge >= 0.3 is 0 Å². The van der Waals surface area contributed by atoms with Gasteiger partial charge in [-0.25, -0.2) is 0 Å². The fourth-order valence-corrected chi connectivity index (χ4v) is 2.26. The fraction of sp³-hybridized carbons (Fsp3) is 0.692. The molecular weight excluding hydrogens is 204 g/mol. The van der Waals surface area contributed by atoms with Crippen LogP contribution < -0.4 is 0 Å². The summed E-state index contributed by atoms with van der Waals surface area (Å²) >= 11 is 0. The molecule has 0 aromatic heterocycles. The molecule has 3 heteroatoms. The topological polar surface area (TPSA) is 54.4 Å². The lowest BCUT2D eigenvalue weighted by molar-refractivity contribution is -0.122. The molecule has 0 saturated heterocycles. The molecule has 0 fully saturated rings. The number of Topliss-reactive ketones (excluding diaryl/α,β-unsaturated/α-hetero) is 2. The van der Waals surface area contributed by atoms with Gasteiger partial charge in [0.1, 0.15) is 5.76 Å². The molecule has 0 aliphatic heterocycles. The normalized spacial score (nSPS) is 21.4. The summed E-state index contributed by atoms with van der Waals surface area (Å²) in [6.07, 6.45) is 5.29. The highest BCUT2D eigenvalue weighted by Gasteiger charge is 2.29. The van der Waals surface area contributed by atoms with E-state index in [0.717, 1.165) is 25.7 Å². The van der Waals surface area contributed by atoms with Crippen LogP contribution in [0.3, 0.4) is 0 Å². The molecule has 1 rings (SSSR count). The lowest BCUT2D eigenvalue weighted by atomic mass is 9.83. The molecule has 16 heavy (non-hydrogen) atoms. The molecule has 0 aromatic carbocycles. The van der Waals surface area contributed by atoms with E-state index in [1.54, 1.807) is 0 Å². The van der Waals surface area contributed by atoms with Crippen molar-refractivity contribution in [1.29, 1.82) is 0 Å². The van der Waals surface area contributed by atoms with Crippen LogP contribution in [-0.2, 0) is 9.59 Å². The first kappa shape index (κ1) is 12.9. The zero-order chi connectivity index (χ0) is 12.1. The van der Waals surface area contributed by atoms with E-state index < -0.39 is 0 Å². The number of unbranched alkanes of at least 4 members (excludes halogenated alkanes) is 2. The molecule has 1 N–H and O–H groups in total. The summed E-state index contributed by atoms with van der Waals surface area (Å²) in [5.41, 5.74) is 0.0340. The summed E-state index contributed by atoms with van der Waals surface area (Å²) in [6.45, 7) is 3.47. The van der Waals surface area contributed by atoms with Crippen LogP contribution >= 0.6 is 0 Å². The van der Waals surface area contributed by atoms with Crippen LogP contribution in [0, 0.1) is 5.92 Å². The van der Waals surface area contributed by atoms with Gasteiger partial charge in [0.25, 0.3) is 0 Å². The van der Waals surface area contributed by atoms with E-state index >= 15 is 0 Å². The van der Waals surface area contributed by atoms with Crippen LogP contribution in [0.15, 0.2) is 11.3 Å². The maximum Gasteiger partial charge on any atom is 0.170 e. The van der Waals surface area contributed by atoms with Crippen molar-refractivity contribution >= 4 is 11.6 Å². The van der Waals surface area contributed by atoms with Gasteiger partial charge in [0.15, 0.2) is 11.6 Å². The van der Waals surface area contributed by atoms with Crippen LogP contribution in [0.2, 0.25) is 0 Å². The molecular formula is C13H20O3. The van der Waals surface area contributed by atoms with Gasteiger partial charge in [0, 0.05) is 12.8 Å². The van der Waals surface area contributed by atoms with Crippen LogP contribution in [0.4, 0.5) is 0 Å². The Morgan fingerprint density at radius 1 is 1.38 bits per heavy atom. The quantitative estimate of drug-likeness (QED) is 0.577. The second kappa shape index (κ2) is 5.83. The summed E-state index contributed by atoms with van der Waals surface area (Å²) < 4.78 is 0. The number of ketones is 2. The third-order valence-corrected chi connectivity index (χ3v) is 3.09. The van der Waals surface area contributed by atoms with Gasteiger partial charge in [0.05, 0.1) is 5.57 Å². The first-order valence-electron chi connectivity index (χ1n) is 6.02. The smallest absolute Gasteiger partial charge is 0.170 e. The van der Waals surface area contributed by atoms with Crippen molar-refractivity contribution in [2.75, 3.05) is 0 Å². The summed E-state index contributed by atoms with van der Waals surface area (Å²) in [5, 5.41) is 9.67. The van der Waals surface area contributed by atoms with E-state index in [0.29, 0.717) is 12.8 Å². The van der Waals surface area contributed by atoms with Crippen LogP contribution in [0.1, 0.15) is 52.4 Å². The number of hydrogen-bond acceptors (Lipinski definition) is 3. The lowest BCUT2D eigenvalue weighted by Gasteiger charge is -2.22. The average Bonchev–Trinajstić information content (AvgIpc) is 2.16. The zero-order valence-corrected chi connectivity index (χ0v) is 10.1. The van der Waals surface area contributed by atoms with Crippen molar-refractivity contribution in [3.05, 3.63) is 11.3 Å². The van der Waals surface area contributed by atoms with Crippen molar-refractivity contribution in [3.63, 3.8) is 0 Å². The first-order chi connectivity index (χ1) is 7.56. The molecule has 0 radical (unpaired) electrons. The van der Waals surface area contributed by atoms with Crippen molar-refractivity contribution in [2.24, 2.45) is 5.92 Å². The van der Waals surface area contributed by atoms with Gasteiger partial charge in [-0.1, -0.05) is 26.2 Å². The summed E-state index contributed by atoms with van der Waals surface area (Å²) in [6, 6.07) is 0. The Bertz CT molecular complexity index is 315. The van der Waals surface area contributed by atoms with E-state index in [2.05, 4.69) is 6.92 Å². The van der Waals surface area contributed by atoms with Gasteiger partial charge in [-0.05, 0) is 19.3 Å². The number of aliphatic hydroxyl groups excluding tert-OH is 1. The summed E-state index contributed by atoms with van der Waals surface area (Å²) in [7, 11) is 0. The fourth-order valence-electron chi connectivity index (χ4n) is 2.26. The molecule has 0 aromatic rings. The lowest BCUT2D eigenvalue weighted by Crippen LogP contribution is -2.23. The minimum atomic E-state index is -0.311. The van der Waals surface area contributed by atoms with Crippen molar-refractivity contribution in [1.82, 2.24) is 0 Å². The van der Waals surface area contributed by atoms with E-state index in [1.807, 2.05) is 0 Å². The standard InChI is InChI=1S/C13H20O3/c1-3-4-5-6-10-7-11(15)13(9(2)14)12(16)8-10/h10,15H,3-8H2,1-2H3/t10-/m0/s1. The molecule has 0 spiro atoms. The Morgan fingerprint density at radius 3 is 2.56 bits per heavy atom. The van der Waals surface area contributed by atoms with Gasteiger partial charge < -0.3 is 5.11 Å². The minimum absolute atomic E-state index is 0.00486. The Labute approximate surface area is 96.5 Å². The monoisotopic (exact) mass is 224 g/mol. The highest BCUT2D eigenvalue weighted by molar-refractivity contribution is 6.20. The number of carbonyl (C=O) groups is 2. The first-order valence-corrected chi connectivity index (χ1v) is 6.02. The highest BCUT2D eigenvalue weighted by Crippen LogP contribution is 2.29. The van der Waals surface area contributed by atoms with E-state index in [9.17, 15) is 14.7 Å².